The summed E-state index contributed by atoms with van der Waals surface area (Å²) in [6, 6.07) is 8.32. The minimum Gasteiger partial charge on any atom is -0.354 e. The Hall–Kier alpha value is -2.17. The van der Waals surface area contributed by atoms with Gasteiger partial charge in [0.25, 0.3) is 0 Å². The number of carbonyl (C=O) groups is 1. The molecule has 4 rings (SSSR count). The van der Waals surface area contributed by atoms with E-state index in [4.69, 9.17) is 0 Å². The number of para-hydroxylation sites is 1. The molecule has 2 aromatic rings. The van der Waals surface area contributed by atoms with Crippen molar-refractivity contribution in [2.75, 3.05) is 18.0 Å². The SMILES string of the molecule is O=C(NC1CCCN(c2ncnc3ccccc23)C1)C1CC1. The fourth-order valence-corrected chi connectivity index (χ4v) is 3.19. The van der Waals surface area contributed by atoms with Gasteiger partial charge < -0.3 is 10.2 Å². The number of benzene rings is 1. The van der Waals surface area contributed by atoms with Gasteiger partial charge in [-0.1, -0.05) is 12.1 Å². The quantitative estimate of drug-likeness (QED) is 0.942. The predicted molar refractivity (Wildman–Crippen MR) is 85.6 cm³/mol. The molecule has 0 bridgehead atoms. The maximum absolute atomic E-state index is 12.0. The molecule has 5 nitrogen and oxygen atoms in total. The number of hydrogen-bond donors (Lipinski definition) is 1. The van der Waals surface area contributed by atoms with Crippen LogP contribution >= 0.6 is 0 Å². The van der Waals surface area contributed by atoms with E-state index in [0.29, 0.717) is 0 Å². The number of piperidine rings is 1. The van der Waals surface area contributed by atoms with Crippen LogP contribution in [0.5, 0.6) is 0 Å². The van der Waals surface area contributed by atoms with Gasteiger partial charge in [-0.15, -0.1) is 0 Å². The monoisotopic (exact) mass is 296 g/mol. The summed E-state index contributed by atoms with van der Waals surface area (Å²) in [5.74, 6) is 1.49. The molecule has 2 fully saturated rings. The lowest BCUT2D eigenvalue weighted by Crippen LogP contribution is -2.48. The number of aromatic nitrogens is 2. The fraction of sp³-hybridized carbons (Fsp3) is 0.471. The van der Waals surface area contributed by atoms with Crippen molar-refractivity contribution in [1.82, 2.24) is 15.3 Å². The van der Waals surface area contributed by atoms with Gasteiger partial charge in [0.15, 0.2) is 0 Å². The molecule has 1 saturated heterocycles. The van der Waals surface area contributed by atoms with Crippen LogP contribution in [0.2, 0.25) is 0 Å². The Bertz CT molecular complexity index is 693. The number of fused-ring (bicyclic) bond motifs is 1. The van der Waals surface area contributed by atoms with Gasteiger partial charge in [-0.05, 0) is 37.8 Å². The number of rotatable bonds is 3. The Kier molecular flexibility index (Phi) is 3.41. The zero-order valence-electron chi connectivity index (χ0n) is 12.5. The Balaban J connectivity index is 1.54. The minimum atomic E-state index is 0.232. The second kappa shape index (κ2) is 5.55. The van der Waals surface area contributed by atoms with E-state index in [9.17, 15) is 4.79 Å². The lowest BCUT2D eigenvalue weighted by Gasteiger charge is -2.34. The number of nitrogens with one attached hydrogen (secondary N) is 1. The predicted octanol–water partition coefficient (Wildman–Crippen LogP) is 2.12. The first-order valence-electron chi connectivity index (χ1n) is 8.06. The third kappa shape index (κ3) is 2.63. The molecule has 1 atom stereocenters. The van der Waals surface area contributed by atoms with Gasteiger partial charge in [-0.25, -0.2) is 9.97 Å². The molecule has 2 heterocycles. The summed E-state index contributed by atoms with van der Waals surface area (Å²) >= 11 is 0. The van der Waals surface area contributed by atoms with Crippen molar-refractivity contribution in [3.8, 4) is 0 Å². The largest absolute Gasteiger partial charge is 0.354 e. The third-order valence-corrected chi connectivity index (χ3v) is 4.54. The second-order valence-corrected chi connectivity index (χ2v) is 6.28. The summed E-state index contributed by atoms with van der Waals surface area (Å²) in [6.45, 7) is 1.82. The normalized spacial score (nSPS) is 21.8. The number of hydrogen-bond acceptors (Lipinski definition) is 4. The van der Waals surface area contributed by atoms with Crippen molar-refractivity contribution < 1.29 is 4.79 Å². The van der Waals surface area contributed by atoms with E-state index < -0.39 is 0 Å². The summed E-state index contributed by atoms with van der Waals surface area (Å²) in [6.07, 6.45) is 5.87. The van der Waals surface area contributed by atoms with Crippen molar-refractivity contribution in [1.29, 1.82) is 0 Å². The number of nitrogens with zero attached hydrogens (tertiary/aromatic N) is 3. The molecule has 114 valence electrons. The van der Waals surface area contributed by atoms with Crippen LogP contribution in [0.25, 0.3) is 10.9 Å². The Labute approximate surface area is 129 Å². The van der Waals surface area contributed by atoms with E-state index in [2.05, 4.69) is 26.3 Å². The van der Waals surface area contributed by atoms with Gasteiger partial charge in [-0.2, -0.15) is 0 Å². The molecule has 5 heteroatoms. The Morgan fingerprint density at radius 2 is 2.05 bits per heavy atom. The fourth-order valence-electron chi connectivity index (χ4n) is 3.19. The summed E-state index contributed by atoms with van der Waals surface area (Å²) in [5, 5.41) is 4.29. The van der Waals surface area contributed by atoms with Crippen LogP contribution in [0.4, 0.5) is 5.82 Å². The molecule has 1 aromatic heterocycles. The lowest BCUT2D eigenvalue weighted by atomic mass is 10.0. The molecule has 0 spiro atoms. The summed E-state index contributed by atoms with van der Waals surface area (Å²) in [5.41, 5.74) is 0.969. The highest BCUT2D eigenvalue weighted by molar-refractivity contribution is 5.89. The van der Waals surface area contributed by atoms with Crippen LogP contribution in [0.1, 0.15) is 25.7 Å². The van der Waals surface area contributed by atoms with Crippen LogP contribution in [0.3, 0.4) is 0 Å². The van der Waals surface area contributed by atoms with Crippen LogP contribution in [-0.4, -0.2) is 35.0 Å². The third-order valence-electron chi connectivity index (χ3n) is 4.54. The van der Waals surface area contributed by atoms with Crippen molar-refractivity contribution in [3.05, 3.63) is 30.6 Å². The standard InChI is InChI=1S/C17H20N4O/c22-17(12-7-8-12)20-13-4-3-9-21(10-13)16-14-5-1-2-6-15(14)18-11-19-16/h1-2,5-6,11-13H,3-4,7-10H2,(H,20,22). The Morgan fingerprint density at radius 1 is 1.18 bits per heavy atom. The van der Waals surface area contributed by atoms with E-state index in [1.54, 1.807) is 6.33 Å². The van der Waals surface area contributed by atoms with Crippen molar-refractivity contribution in [2.24, 2.45) is 5.92 Å². The first-order valence-corrected chi connectivity index (χ1v) is 8.06. The maximum atomic E-state index is 12.0. The van der Waals surface area contributed by atoms with Gasteiger partial charge >= 0.3 is 0 Å². The van der Waals surface area contributed by atoms with Crippen LogP contribution < -0.4 is 10.2 Å². The van der Waals surface area contributed by atoms with Crippen molar-refractivity contribution in [3.63, 3.8) is 0 Å². The molecule has 1 N–H and O–H groups in total. The Morgan fingerprint density at radius 3 is 2.91 bits per heavy atom. The molecule has 1 unspecified atom stereocenters. The average molecular weight is 296 g/mol. The van der Waals surface area contributed by atoms with E-state index in [0.717, 1.165) is 55.5 Å². The minimum absolute atomic E-state index is 0.232. The van der Waals surface area contributed by atoms with Crippen molar-refractivity contribution >= 4 is 22.6 Å². The smallest absolute Gasteiger partial charge is 0.223 e. The van der Waals surface area contributed by atoms with Gasteiger partial charge in [0, 0.05) is 30.4 Å². The van der Waals surface area contributed by atoms with E-state index >= 15 is 0 Å². The molecule has 1 aliphatic heterocycles. The number of amides is 1. The van der Waals surface area contributed by atoms with Gasteiger partial charge in [-0.3, -0.25) is 4.79 Å². The van der Waals surface area contributed by atoms with Crippen LogP contribution in [0.15, 0.2) is 30.6 Å². The molecule has 1 amide bonds. The second-order valence-electron chi connectivity index (χ2n) is 6.28. The molecule has 1 saturated carbocycles. The maximum Gasteiger partial charge on any atom is 0.223 e. The molecule has 22 heavy (non-hydrogen) atoms. The van der Waals surface area contributed by atoms with Crippen LogP contribution in [-0.2, 0) is 4.79 Å². The highest BCUT2D eigenvalue weighted by Gasteiger charge is 2.32. The summed E-state index contributed by atoms with van der Waals surface area (Å²) in [4.78, 5) is 23.1. The van der Waals surface area contributed by atoms with Gasteiger partial charge in [0.1, 0.15) is 12.1 Å². The summed E-state index contributed by atoms with van der Waals surface area (Å²) < 4.78 is 0. The molecule has 0 radical (unpaired) electrons. The first kappa shape index (κ1) is 13.5. The average Bonchev–Trinajstić information content (AvgIpc) is 3.39. The summed E-state index contributed by atoms with van der Waals surface area (Å²) in [7, 11) is 0. The van der Waals surface area contributed by atoms with E-state index in [1.165, 1.54) is 0 Å². The number of carbonyl (C=O) groups excluding carboxylic acids is 1. The van der Waals surface area contributed by atoms with Gasteiger partial charge in [0.05, 0.1) is 5.52 Å². The molecular formula is C17H20N4O. The van der Waals surface area contributed by atoms with Gasteiger partial charge in [0.2, 0.25) is 5.91 Å². The highest BCUT2D eigenvalue weighted by Crippen LogP contribution is 2.30. The van der Waals surface area contributed by atoms with Crippen LogP contribution in [0, 0.1) is 5.92 Å². The van der Waals surface area contributed by atoms with E-state index in [1.807, 2.05) is 18.2 Å². The molecular weight excluding hydrogens is 276 g/mol. The zero-order chi connectivity index (χ0) is 14.9. The number of anilines is 1. The van der Waals surface area contributed by atoms with E-state index in [-0.39, 0.29) is 17.9 Å². The molecule has 1 aliphatic carbocycles. The zero-order valence-corrected chi connectivity index (χ0v) is 12.5. The van der Waals surface area contributed by atoms with Crippen molar-refractivity contribution in [2.45, 2.75) is 31.7 Å². The molecule has 1 aromatic carbocycles. The lowest BCUT2D eigenvalue weighted by molar-refractivity contribution is -0.123. The topological polar surface area (TPSA) is 58.1 Å². The molecule has 2 aliphatic rings. The first-order chi connectivity index (χ1) is 10.8. The highest BCUT2D eigenvalue weighted by atomic mass is 16.2.